The maximum Gasteiger partial charge on any atom is 0.416 e. The first-order valence-electron chi connectivity index (χ1n) is 12.1. The smallest absolute Gasteiger partial charge is 0.416 e. The van der Waals surface area contributed by atoms with Gasteiger partial charge in [-0.05, 0) is 55.3 Å². The lowest BCUT2D eigenvalue weighted by atomic mass is 9.97. The molecule has 3 heterocycles. The van der Waals surface area contributed by atoms with Crippen LogP contribution >= 0.6 is 0 Å². The van der Waals surface area contributed by atoms with Gasteiger partial charge >= 0.3 is 18.4 Å². The molecule has 2 fully saturated rings. The second kappa shape index (κ2) is 9.65. The SMILES string of the molecule is C[C@H]1[C@@H](c2cc(C(F)(F)F)cc(C(F)(F)F)c2)OC(=O)N1Cc1nc(N2CCC2)ccc1-c1ccccc1O. The van der Waals surface area contributed by atoms with Crippen LogP contribution in [0.3, 0.4) is 0 Å². The number of anilines is 1. The molecule has 0 spiro atoms. The summed E-state index contributed by atoms with van der Waals surface area (Å²) in [5.74, 6) is 0.635. The lowest BCUT2D eigenvalue weighted by Gasteiger charge is -2.33. The van der Waals surface area contributed by atoms with Crippen LogP contribution in [0.5, 0.6) is 5.75 Å². The van der Waals surface area contributed by atoms with Crippen molar-refractivity contribution in [3.63, 3.8) is 0 Å². The number of cyclic esters (lactones) is 1. The van der Waals surface area contributed by atoms with Gasteiger partial charge in [-0.25, -0.2) is 9.78 Å². The number of nitrogens with zero attached hydrogens (tertiary/aromatic N) is 3. The fourth-order valence-electron chi connectivity index (χ4n) is 4.74. The van der Waals surface area contributed by atoms with E-state index >= 15 is 0 Å². The Morgan fingerprint density at radius 1 is 0.949 bits per heavy atom. The van der Waals surface area contributed by atoms with Crippen molar-refractivity contribution < 1.29 is 41.0 Å². The molecule has 2 atom stereocenters. The summed E-state index contributed by atoms with van der Waals surface area (Å²) in [4.78, 5) is 20.8. The quantitative estimate of drug-likeness (QED) is 0.354. The van der Waals surface area contributed by atoms with Gasteiger partial charge in [-0.1, -0.05) is 18.2 Å². The molecule has 6 nitrogen and oxygen atoms in total. The van der Waals surface area contributed by atoms with Crippen LogP contribution in [0.25, 0.3) is 11.1 Å². The number of phenolic OH excluding ortho intramolecular Hbond substituents is 1. The molecule has 1 N–H and O–H groups in total. The van der Waals surface area contributed by atoms with Gasteiger partial charge in [0.25, 0.3) is 0 Å². The van der Waals surface area contributed by atoms with Crippen molar-refractivity contribution in [3.05, 3.63) is 77.0 Å². The van der Waals surface area contributed by atoms with Gasteiger partial charge in [0.05, 0.1) is 29.4 Å². The molecular formula is C27H23F6N3O3. The molecule has 12 heteroatoms. The minimum atomic E-state index is -5.03. The molecule has 2 aromatic carbocycles. The van der Waals surface area contributed by atoms with Crippen molar-refractivity contribution in [1.82, 2.24) is 9.88 Å². The van der Waals surface area contributed by atoms with Crippen LogP contribution in [0.4, 0.5) is 37.0 Å². The summed E-state index contributed by atoms with van der Waals surface area (Å²) in [6.45, 7) is 2.93. The molecule has 0 aliphatic carbocycles. The van der Waals surface area contributed by atoms with Crippen molar-refractivity contribution in [1.29, 1.82) is 0 Å². The molecule has 2 aliphatic rings. The summed E-state index contributed by atoms with van der Waals surface area (Å²) < 4.78 is 85.8. The highest BCUT2D eigenvalue weighted by atomic mass is 19.4. The first kappa shape index (κ1) is 26.6. The van der Waals surface area contributed by atoms with E-state index in [1.54, 1.807) is 30.3 Å². The van der Waals surface area contributed by atoms with Gasteiger partial charge in [-0.3, -0.25) is 4.90 Å². The van der Waals surface area contributed by atoms with Gasteiger partial charge < -0.3 is 14.7 Å². The molecule has 2 saturated heterocycles. The Bertz CT molecular complexity index is 1370. The number of pyridine rings is 1. The highest BCUT2D eigenvalue weighted by molar-refractivity contribution is 5.75. The lowest BCUT2D eigenvalue weighted by molar-refractivity contribution is -0.143. The van der Waals surface area contributed by atoms with E-state index in [-0.39, 0.29) is 18.4 Å². The predicted molar refractivity (Wildman–Crippen MR) is 129 cm³/mol. The van der Waals surface area contributed by atoms with Gasteiger partial charge in [0.2, 0.25) is 0 Å². The number of amides is 1. The van der Waals surface area contributed by atoms with Crippen molar-refractivity contribution in [2.75, 3.05) is 18.0 Å². The number of carbonyl (C=O) groups is 1. The van der Waals surface area contributed by atoms with Crippen molar-refractivity contribution in [2.24, 2.45) is 0 Å². The molecule has 1 amide bonds. The molecule has 0 saturated carbocycles. The molecule has 0 unspecified atom stereocenters. The van der Waals surface area contributed by atoms with E-state index in [1.165, 1.54) is 17.9 Å². The van der Waals surface area contributed by atoms with Crippen LogP contribution in [-0.4, -0.2) is 40.2 Å². The molecule has 0 bridgehead atoms. The summed E-state index contributed by atoms with van der Waals surface area (Å²) in [5, 5.41) is 10.4. The number of benzene rings is 2. The number of ether oxygens (including phenoxy) is 1. The second-order valence-electron chi connectivity index (χ2n) is 9.53. The summed E-state index contributed by atoms with van der Waals surface area (Å²) in [6.07, 6.45) is -11.4. The number of carbonyl (C=O) groups excluding carboxylic acids is 1. The number of halogens is 6. The third-order valence-electron chi connectivity index (χ3n) is 6.98. The van der Waals surface area contributed by atoms with E-state index in [0.717, 1.165) is 19.5 Å². The van der Waals surface area contributed by atoms with Crippen LogP contribution in [-0.2, 0) is 23.6 Å². The van der Waals surface area contributed by atoms with Crippen molar-refractivity contribution in [3.8, 4) is 16.9 Å². The van der Waals surface area contributed by atoms with Gasteiger partial charge in [0, 0.05) is 24.2 Å². The first-order chi connectivity index (χ1) is 18.3. The number of hydrogen-bond acceptors (Lipinski definition) is 5. The molecule has 5 rings (SSSR count). The third kappa shape index (κ3) is 5.19. The topological polar surface area (TPSA) is 65.9 Å². The van der Waals surface area contributed by atoms with Crippen LogP contribution in [0.1, 0.15) is 41.8 Å². The zero-order valence-electron chi connectivity index (χ0n) is 20.6. The Labute approximate surface area is 219 Å². The average Bonchev–Trinajstić information content (AvgIpc) is 3.11. The highest BCUT2D eigenvalue weighted by Gasteiger charge is 2.43. The monoisotopic (exact) mass is 551 g/mol. The van der Waals surface area contributed by atoms with E-state index in [1.807, 2.05) is 4.90 Å². The molecule has 3 aromatic rings. The maximum absolute atomic E-state index is 13.4. The van der Waals surface area contributed by atoms with Crippen molar-refractivity contribution >= 4 is 11.9 Å². The normalized spacial score (nSPS) is 19.7. The third-order valence-corrected chi connectivity index (χ3v) is 6.98. The van der Waals surface area contributed by atoms with E-state index < -0.39 is 47.3 Å². The Kier molecular flexibility index (Phi) is 6.59. The molecule has 206 valence electrons. The largest absolute Gasteiger partial charge is 0.507 e. The van der Waals surface area contributed by atoms with Gasteiger partial charge in [0.1, 0.15) is 17.7 Å². The van der Waals surface area contributed by atoms with E-state index in [9.17, 15) is 36.2 Å². The fourth-order valence-corrected chi connectivity index (χ4v) is 4.74. The van der Waals surface area contributed by atoms with Gasteiger partial charge in [0.15, 0.2) is 0 Å². The Morgan fingerprint density at radius 3 is 2.15 bits per heavy atom. The number of phenols is 1. The number of alkyl halides is 6. The van der Waals surface area contributed by atoms with Gasteiger partial charge in [-0.2, -0.15) is 26.3 Å². The summed E-state index contributed by atoms with van der Waals surface area (Å²) in [7, 11) is 0. The minimum absolute atomic E-state index is 0.0178. The van der Waals surface area contributed by atoms with Crippen LogP contribution in [0, 0.1) is 0 Å². The number of aromatic nitrogens is 1. The fraction of sp³-hybridized carbons (Fsp3) is 0.333. The molecule has 1 aromatic heterocycles. The van der Waals surface area contributed by atoms with Crippen LogP contribution < -0.4 is 4.90 Å². The number of hydrogen-bond donors (Lipinski definition) is 1. The van der Waals surface area contributed by atoms with E-state index in [0.29, 0.717) is 34.8 Å². The average molecular weight is 551 g/mol. The molecule has 0 radical (unpaired) electrons. The number of rotatable bonds is 5. The second-order valence-corrected chi connectivity index (χ2v) is 9.53. The van der Waals surface area contributed by atoms with Crippen LogP contribution in [0.2, 0.25) is 0 Å². The standard InChI is InChI=1S/C27H23F6N3O3/c1-15-24(16-11-17(26(28,29)30)13-18(12-16)27(31,32)33)39-25(38)36(15)14-21-19(20-5-2-3-6-22(20)37)7-8-23(34-21)35-9-4-10-35/h2-3,5-8,11-13,15,24,37H,4,9-10,14H2,1H3/t15-,24-/m0/s1. The number of aromatic hydroxyl groups is 1. The van der Waals surface area contributed by atoms with Crippen molar-refractivity contribution in [2.45, 2.75) is 44.4 Å². The number of para-hydroxylation sites is 1. The van der Waals surface area contributed by atoms with Gasteiger partial charge in [-0.15, -0.1) is 0 Å². The highest BCUT2D eigenvalue weighted by Crippen LogP contribution is 2.42. The summed E-state index contributed by atoms with van der Waals surface area (Å²) >= 11 is 0. The minimum Gasteiger partial charge on any atom is -0.507 e. The summed E-state index contributed by atoms with van der Waals surface area (Å²) in [6, 6.07) is 10.3. The first-order valence-corrected chi connectivity index (χ1v) is 12.1. The molecular weight excluding hydrogens is 528 g/mol. The maximum atomic E-state index is 13.4. The zero-order valence-corrected chi connectivity index (χ0v) is 20.6. The lowest BCUT2D eigenvalue weighted by Crippen LogP contribution is -2.38. The molecule has 39 heavy (non-hydrogen) atoms. The van der Waals surface area contributed by atoms with E-state index in [2.05, 4.69) is 0 Å². The predicted octanol–water partition coefficient (Wildman–Crippen LogP) is 6.78. The Morgan fingerprint density at radius 2 is 1.59 bits per heavy atom. The summed E-state index contributed by atoms with van der Waals surface area (Å²) in [5.41, 5.74) is -2.01. The zero-order chi connectivity index (χ0) is 28.1. The van der Waals surface area contributed by atoms with Crippen LogP contribution in [0.15, 0.2) is 54.6 Å². The Balaban J connectivity index is 1.51. The van der Waals surface area contributed by atoms with E-state index in [4.69, 9.17) is 9.72 Å². The molecule has 2 aliphatic heterocycles. The Hall–Kier alpha value is -3.96.